The fourth-order valence-corrected chi connectivity index (χ4v) is 4.03. The molecule has 1 aromatic heterocycles. The van der Waals surface area contributed by atoms with Crippen molar-refractivity contribution in [1.82, 2.24) is 15.2 Å². The minimum atomic E-state index is -1.34. The predicted octanol–water partition coefficient (Wildman–Crippen LogP) is 3.62. The first-order chi connectivity index (χ1) is 14.6. The number of nitrogens with one attached hydrogen (secondary N) is 1. The summed E-state index contributed by atoms with van der Waals surface area (Å²) < 4.78 is 26.9. The number of hydrogen-bond acceptors (Lipinski definition) is 4. The van der Waals surface area contributed by atoms with Gasteiger partial charge in [0.05, 0.1) is 12.2 Å². The Hall–Kier alpha value is -2.38. The fraction of sp³-hybridized carbons (Fsp3) is 0.500. The molecule has 5 nitrogen and oxygen atoms in total. The number of nitrogens with zero attached hydrogens (tertiary/aromatic N) is 2. The summed E-state index contributed by atoms with van der Waals surface area (Å²) in [5.41, 5.74) is -0.712. The van der Waals surface area contributed by atoms with Crippen LogP contribution in [0.3, 0.4) is 0 Å². The Morgan fingerprint density at radius 2 is 2.00 bits per heavy atom. The third kappa shape index (κ3) is 5.66. The van der Waals surface area contributed by atoms with E-state index in [1.54, 1.807) is 24.4 Å². The maximum Gasteiger partial charge on any atom is 0.225 e. The number of carbonyl (C=O) groups excluding carboxylic acids is 1. The van der Waals surface area contributed by atoms with Gasteiger partial charge in [0.2, 0.25) is 5.91 Å². The van der Waals surface area contributed by atoms with Gasteiger partial charge < -0.3 is 10.4 Å². The highest BCUT2D eigenvalue weighted by Crippen LogP contribution is 2.35. The van der Waals surface area contributed by atoms with Crippen molar-refractivity contribution in [1.29, 1.82) is 0 Å². The number of aliphatic hydroxyl groups is 1. The molecule has 1 aliphatic rings. The molecule has 0 aliphatic carbocycles. The van der Waals surface area contributed by atoms with Crippen molar-refractivity contribution in [2.24, 2.45) is 11.3 Å². The van der Waals surface area contributed by atoms with Gasteiger partial charge in [-0.3, -0.25) is 14.7 Å². The second kappa shape index (κ2) is 9.40. The molecule has 2 atom stereocenters. The summed E-state index contributed by atoms with van der Waals surface area (Å²) in [5.74, 6) is -2.04. The van der Waals surface area contributed by atoms with Crippen LogP contribution in [0.15, 0.2) is 42.6 Å². The number of benzene rings is 1. The zero-order valence-corrected chi connectivity index (χ0v) is 18.4. The topological polar surface area (TPSA) is 65.5 Å². The third-order valence-corrected chi connectivity index (χ3v) is 5.88. The molecule has 0 spiro atoms. The number of halogens is 2. The van der Waals surface area contributed by atoms with Crippen molar-refractivity contribution < 1.29 is 18.7 Å². The van der Waals surface area contributed by atoms with Crippen LogP contribution in [0.5, 0.6) is 0 Å². The number of likely N-dealkylation sites (tertiary alicyclic amines) is 1. The van der Waals surface area contributed by atoms with E-state index in [-0.39, 0.29) is 18.4 Å². The average Bonchev–Trinajstić information content (AvgIpc) is 2.74. The quantitative estimate of drug-likeness (QED) is 0.733. The molecule has 2 aromatic rings. The van der Waals surface area contributed by atoms with Crippen LogP contribution in [0.25, 0.3) is 0 Å². The molecule has 1 fully saturated rings. The van der Waals surface area contributed by atoms with E-state index in [2.05, 4.69) is 15.2 Å². The molecule has 0 bridgehead atoms. The molecular formula is C24H31F2N3O2. The number of rotatable bonds is 6. The molecule has 7 heteroatoms. The highest BCUT2D eigenvalue weighted by atomic mass is 19.2. The Balaban J connectivity index is 1.79. The number of aromatic nitrogens is 1. The predicted molar refractivity (Wildman–Crippen MR) is 115 cm³/mol. The lowest BCUT2D eigenvalue weighted by Gasteiger charge is -2.42. The van der Waals surface area contributed by atoms with Crippen molar-refractivity contribution in [3.8, 4) is 0 Å². The van der Waals surface area contributed by atoms with Crippen molar-refractivity contribution in [3.63, 3.8) is 0 Å². The Morgan fingerprint density at radius 3 is 2.65 bits per heavy atom. The normalized spacial score (nSPS) is 19.6. The van der Waals surface area contributed by atoms with Crippen molar-refractivity contribution in [2.45, 2.75) is 45.8 Å². The number of pyridine rings is 1. The lowest BCUT2D eigenvalue weighted by Crippen LogP contribution is -2.53. The molecule has 0 radical (unpaired) electrons. The lowest BCUT2D eigenvalue weighted by molar-refractivity contribution is -0.131. The van der Waals surface area contributed by atoms with E-state index in [1.807, 2.05) is 26.8 Å². The van der Waals surface area contributed by atoms with E-state index in [4.69, 9.17) is 0 Å². The zero-order valence-electron chi connectivity index (χ0n) is 18.4. The zero-order chi connectivity index (χ0) is 22.6. The Morgan fingerprint density at radius 1 is 1.23 bits per heavy atom. The molecule has 3 rings (SSSR count). The molecule has 168 valence electrons. The van der Waals surface area contributed by atoms with Gasteiger partial charge in [0.1, 0.15) is 5.60 Å². The SMILES string of the molecule is CC(C)(C)C(=O)NC[C@](O)(c1ccccn1)[C@@H]1CCCN(Cc2ccc(F)c(F)c2)C1. The molecule has 2 heterocycles. The summed E-state index contributed by atoms with van der Waals surface area (Å²) in [7, 11) is 0. The third-order valence-electron chi connectivity index (χ3n) is 5.88. The fourth-order valence-electron chi connectivity index (χ4n) is 4.03. The Kier molecular flexibility index (Phi) is 7.06. The van der Waals surface area contributed by atoms with Gasteiger partial charge >= 0.3 is 0 Å². The van der Waals surface area contributed by atoms with Gasteiger partial charge in [0.25, 0.3) is 0 Å². The maximum atomic E-state index is 13.6. The van der Waals surface area contributed by atoms with Gasteiger partial charge in [-0.25, -0.2) is 8.78 Å². The summed E-state index contributed by atoms with van der Waals surface area (Å²) in [5, 5.41) is 14.7. The van der Waals surface area contributed by atoms with Gasteiger partial charge in [0, 0.05) is 30.6 Å². The number of piperidine rings is 1. The van der Waals surface area contributed by atoms with E-state index < -0.39 is 22.7 Å². The van der Waals surface area contributed by atoms with Gasteiger partial charge in [-0.1, -0.05) is 32.9 Å². The molecule has 2 N–H and O–H groups in total. The van der Waals surface area contributed by atoms with Crippen LogP contribution < -0.4 is 5.32 Å². The molecule has 0 saturated carbocycles. The van der Waals surface area contributed by atoms with Crippen molar-refractivity contribution in [3.05, 3.63) is 65.5 Å². The maximum absolute atomic E-state index is 13.6. The van der Waals surface area contributed by atoms with Crippen LogP contribution in [0.2, 0.25) is 0 Å². The minimum Gasteiger partial charge on any atom is -0.381 e. The van der Waals surface area contributed by atoms with Crippen LogP contribution in [0, 0.1) is 23.0 Å². The van der Waals surface area contributed by atoms with E-state index in [0.717, 1.165) is 25.5 Å². The standard InChI is InChI=1S/C24H31F2N3O2/c1-23(2,3)22(30)28-16-24(31,21-8-4-5-11-27-21)18-7-6-12-29(15-18)14-17-9-10-19(25)20(26)13-17/h4-5,8-11,13,18,31H,6-7,12,14-16H2,1-3H3,(H,28,30)/t18-,24-/m1/s1. The van der Waals surface area contributed by atoms with E-state index >= 15 is 0 Å². The smallest absolute Gasteiger partial charge is 0.225 e. The van der Waals surface area contributed by atoms with Gasteiger partial charge in [-0.2, -0.15) is 0 Å². The van der Waals surface area contributed by atoms with Crippen molar-refractivity contribution >= 4 is 5.91 Å². The average molecular weight is 432 g/mol. The van der Waals surface area contributed by atoms with E-state index in [0.29, 0.717) is 24.3 Å². The monoisotopic (exact) mass is 431 g/mol. The van der Waals surface area contributed by atoms with Crippen LogP contribution in [-0.2, 0) is 16.9 Å². The molecular weight excluding hydrogens is 400 g/mol. The highest BCUT2D eigenvalue weighted by Gasteiger charge is 2.42. The van der Waals surface area contributed by atoms with Gasteiger partial charge in [-0.05, 0) is 49.2 Å². The Bertz CT molecular complexity index is 901. The molecule has 31 heavy (non-hydrogen) atoms. The van der Waals surface area contributed by atoms with E-state index in [1.165, 1.54) is 6.07 Å². The Labute approximate surface area is 182 Å². The summed E-state index contributed by atoms with van der Waals surface area (Å²) in [6.07, 6.45) is 3.25. The number of amides is 1. The van der Waals surface area contributed by atoms with Gasteiger partial charge in [0.15, 0.2) is 11.6 Å². The number of hydrogen-bond donors (Lipinski definition) is 2. The highest BCUT2D eigenvalue weighted by molar-refractivity contribution is 5.81. The first-order valence-corrected chi connectivity index (χ1v) is 10.7. The summed E-state index contributed by atoms with van der Waals surface area (Å²) in [6, 6.07) is 9.31. The molecule has 1 aromatic carbocycles. The molecule has 0 unspecified atom stereocenters. The van der Waals surface area contributed by atoms with Crippen LogP contribution >= 0.6 is 0 Å². The number of carbonyl (C=O) groups is 1. The minimum absolute atomic E-state index is 0.0593. The molecule has 1 saturated heterocycles. The van der Waals surface area contributed by atoms with Gasteiger partial charge in [-0.15, -0.1) is 0 Å². The second-order valence-corrected chi connectivity index (χ2v) is 9.39. The lowest BCUT2D eigenvalue weighted by atomic mass is 9.78. The molecule has 1 amide bonds. The van der Waals surface area contributed by atoms with Crippen LogP contribution in [0.4, 0.5) is 8.78 Å². The van der Waals surface area contributed by atoms with Crippen molar-refractivity contribution in [2.75, 3.05) is 19.6 Å². The first-order valence-electron chi connectivity index (χ1n) is 10.7. The first kappa shape index (κ1) is 23.3. The van der Waals surface area contributed by atoms with Crippen LogP contribution in [-0.4, -0.2) is 40.5 Å². The molecule has 1 aliphatic heterocycles. The largest absolute Gasteiger partial charge is 0.381 e. The summed E-state index contributed by atoms with van der Waals surface area (Å²) in [4.78, 5) is 19.0. The van der Waals surface area contributed by atoms with Crippen LogP contribution in [0.1, 0.15) is 44.9 Å². The summed E-state index contributed by atoms with van der Waals surface area (Å²) in [6.45, 7) is 7.34. The summed E-state index contributed by atoms with van der Waals surface area (Å²) >= 11 is 0. The second-order valence-electron chi connectivity index (χ2n) is 9.39. The van der Waals surface area contributed by atoms with E-state index in [9.17, 15) is 18.7 Å².